The fraction of sp³-hybridized carbons (Fsp3) is 0.933. The van der Waals surface area contributed by atoms with Crippen molar-refractivity contribution in [1.82, 2.24) is 10.2 Å². The van der Waals surface area contributed by atoms with Gasteiger partial charge < -0.3 is 20.1 Å². The normalized spacial score (nSPS) is 26.6. The van der Waals surface area contributed by atoms with Crippen LogP contribution in [0.3, 0.4) is 0 Å². The van der Waals surface area contributed by atoms with Crippen LogP contribution in [0.4, 0.5) is 0 Å². The molecular formula is C15H29N3O2. The van der Waals surface area contributed by atoms with Gasteiger partial charge in [0.1, 0.15) is 0 Å². The Labute approximate surface area is 122 Å². The van der Waals surface area contributed by atoms with Gasteiger partial charge in [0.05, 0.1) is 12.2 Å². The van der Waals surface area contributed by atoms with Crippen LogP contribution in [0.5, 0.6) is 0 Å². The number of guanidine groups is 1. The Kier molecular flexibility index (Phi) is 5.66. The first-order valence-electron chi connectivity index (χ1n) is 7.85. The highest BCUT2D eigenvalue weighted by atomic mass is 16.5. The molecule has 0 aromatic rings. The van der Waals surface area contributed by atoms with Gasteiger partial charge in [-0.25, -0.2) is 0 Å². The van der Waals surface area contributed by atoms with Crippen molar-refractivity contribution in [3.05, 3.63) is 0 Å². The van der Waals surface area contributed by atoms with Crippen molar-refractivity contribution < 1.29 is 9.84 Å². The van der Waals surface area contributed by atoms with Crippen LogP contribution in [-0.4, -0.2) is 62.0 Å². The largest absolute Gasteiger partial charge is 0.388 e. The zero-order valence-electron chi connectivity index (χ0n) is 12.9. The predicted octanol–water partition coefficient (Wildman–Crippen LogP) is 1.23. The van der Waals surface area contributed by atoms with E-state index in [0.717, 1.165) is 57.8 Å². The van der Waals surface area contributed by atoms with Gasteiger partial charge in [0.2, 0.25) is 0 Å². The molecule has 20 heavy (non-hydrogen) atoms. The molecule has 0 bridgehead atoms. The van der Waals surface area contributed by atoms with Gasteiger partial charge in [-0.2, -0.15) is 0 Å². The van der Waals surface area contributed by atoms with Gasteiger partial charge in [-0.1, -0.05) is 19.3 Å². The van der Waals surface area contributed by atoms with E-state index in [-0.39, 0.29) is 0 Å². The molecule has 2 fully saturated rings. The topological polar surface area (TPSA) is 57.1 Å². The summed E-state index contributed by atoms with van der Waals surface area (Å²) in [7, 11) is 3.85. The first kappa shape index (κ1) is 15.6. The molecule has 2 rings (SSSR count). The van der Waals surface area contributed by atoms with E-state index in [2.05, 4.69) is 22.3 Å². The Hall–Kier alpha value is -0.810. The van der Waals surface area contributed by atoms with Gasteiger partial charge in [-0.15, -0.1) is 0 Å². The highest BCUT2D eigenvalue weighted by Crippen LogP contribution is 2.27. The molecule has 1 aliphatic heterocycles. The maximum absolute atomic E-state index is 10.5. The molecule has 1 heterocycles. The van der Waals surface area contributed by atoms with E-state index in [9.17, 15) is 5.11 Å². The minimum absolute atomic E-state index is 0.550. The lowest BCUT2D eigenvalue weighted by molar-refractivity contribution is 0.00816. The molecule has 2 aliphatic rings. The Bertz CT molecular complexity index is 321. The van der Waals surface area contributed by atoms with E-state index in [1.807, 2.05) is 0 Å². The van der Waals surface area contributed by atoms with Gasteiger partial charge >= 0.3 is 0 Å². The van der Waals surface area contributed by atoms with Crippen molar-refractivity contribution in [1.29, 1.82) is 0 Å². The highest BCUT2D eigenvalue weighted by Gasteiger charge is 2.29. The summed E-state index contributed by atoms with van der Waals surface area (Å²) in [5.74, 6) is 1.47. The number of nitrogens with one attached hydrogen (secondary N) is 1. The second-order valence-electron chi connectivity index (χ2n) is 6.30. The summed E-state index contributed by atoms with van der Waals surface area (Å²) in [6, 6.07) is 0. The van der Waals surface area contributed by atoms with Crippen LogP contribution < -0.4 is 5.32 Å². The monoisotopic (exact) mass is 283 g/mol. The Balaban J connectivity index is 1.79. The van der Waals surface area contributed by atoms with Crippen molar-refractivity contribution in [2.45, 2.75) is 44.1 Å². The van der Waals surface area contributed by atoms with Gasteiger partial charge in [-0.3, -0.25) is 4.99 Å². The molecule has 1 aliphatic carbocycles. The van der Waals surface area contributed by atoms with E-state index >= 15 is 0 Å². The molecule has 116 valence electrons. The minimum Gasteiger partial charge on any atom is -0.388 e. The smallest absolute Gasteiger partial charge is 0.193 e. The molecule has 1 unspecified atom stereocenters. The SMILES string of the molecule is CN=C(NCC1(O)CCCCC1)N(C)CC1CCOC1. The molecule has 0 radical (unpaired) electrons. The number of rotatable bonds is 4. The average molecular weight is 283 g/mol. The first-order chi connectivity index (χ1) is 9.63. The summed E-state index contributed by atoms with van der Waals surface area (Å²) >= 11 is 0. The molecule has 1 atom stereocenters. The van der Waals surface area contributed by atoms with E-state index in [1.54, 1.807) is 7.05 Å². The van der Waals surface area contributed by atoms with Crippen LogP contribution in [0.25, 0.3) is 0 Å². The second kappa shape index (κ2) is 7.27. The van der Waals surface area contributed by atoms with Crippen LogP contribution in [0.1, 0.15) is 38.5 Å². The third-order valence-electron chi connectivity index (χ3n) is 4.49. The lowest BCUT2D eigenvalue weighted by Gasteiger charge is -2.34. The second-order valence-corrected chi connectivity index (χ2v) is 6.30. The number of aliphatic imine (C=N–C) groups is 1. The number of ether oxygens (including phenoxy) is 1. The number of nitrogens with zero attached hydrogens (tertiary/aromatic N) is 2. The van der Waals surface area contributed by atoms with E-state index in [0.29, 0.717) is 12.5 Å². The standard InChI is InChI=1S/C15H29N3O2/c1-16-14(18(2)10-13-6-9-20-11-13)17-12-15(19)7-4-3-5-8-15/h13,19H,3-12H2,1-2H3,(H,16,17). The van der Waals surface area contributed by atoms with Crippen LogP contribution in [0, 0.1) is 5.92 Å². The summed E-state index contributed by atoms with van der Waals surface area (Å²) in [6.07, 6.45) is 6.44. The van der Waals surface area contributed by atoms with Crippen molar-refractivity contribution in [3.8, 4) is 0 Å². The third kappa shape index (κ3) is 4.35. The Morgan fingerprint density at radius 1 is 1.40 bits per heavy atom. The third-order valence-corrected chi connectivity index (χ3v) is 4.49. The fourth-order valence-electron chi connectivity index (χ4n) is 3.22. The number of hydrogen-bond acceptors (Lipinski definition) is 3. The molecule has 0 amide bonds. The van der Waals surface area contributed by atoms with Gasteiger partial charge in [-0.05, 0) is 19.3 Å². The van der Waals surface area contributed by atoms with Crippen molar-refractivity contribution >= 4 is 5.96 Å². The number of hydrogen-bond donors (Lipinski definition) is 2. The molecule has 2 N–H and O–H groups in total. The molecule has 0 aromatic heterocycles. The summed E-state index contributed by atoms with van der Waals surface area (Å²) in [5, 5.41) is 13.9. The summed E-state index contributed by atoms with van der Waals surface area (Å²) in [6.45, 7) is 3.29. The zero-order valence-corrected chi connectivity index (χ0v) is 12.9. The molecule has 5 heteroatoms. The summed E-state index contributed by atoms with van der Waals surface area (Å²) in [5.41, 5.74) is -0.550. The summed E-state index contributed by atoms with van der Waals surface area (Å²) < 4.78 is 5.42. The predicted molar refractivity (Wildman–Crippen MR) is 81.0 cm³/mol. The Morgan fingerprint density at radius 2 is 2.15 bits per heavy atom. The van der Waals surface area contributed by atoms with Crippen LogP contribution in [-0.2, 0) is 4.74 Å². The molecule has 0 aromatic carbocycles. The fourth-order valence-corrected chi connectivity index (χ4v) is 3.22. The summed E-state index contributed by atoms with van der Waals surface area (Å²) in [4.78, 5) is 6.47. The molecule has 1 saturated carbocycles. The van der Waals surface area contributed by atoms with Gasteiger partial charge in [0, 0.05) is 39.7 Å². The van der Waals surface area contributed by atoms with Gasteiger partial charge in [0.15, 0.2) is 5.96 Å². The molecular weight excluding hydrogens is 254 g/mol. The molecule has 5 nitrogen and oxygen atoms in total. The van der Waals surface area contributed by atoms with E-state index < -0.39 is 5.60 Å². The minimum atomic E-state index is -0.550. The van der Waals surface area contributed by atoms with E-state index in [4.69, 9.17) is 4.74 Å². The van der Waals surface area contributed by atoms with Crippen molar-refractivity contribution in [2.75, 3.05) is 40.4 Å². The van der Waals surface area contributed by atoms with Crippen molar-refractivity contribution in [2.24, 2.45) is 10.9 Å². The quantitative estimate of drug-likeness (QED) is 0.602. The molecule has 1 saturated heterocycles. The van der Waals surface area contributed by atoms with Crippen LogP contribution in [0.15, 0.2) is 4.99 Å². The highest BCUT2D eigenvalue weighted by molar-refractivity contribution is 5.79. The average Bonchev–Trinajstić information content (AvgIpc) is 2.93. The number of aliphatic hydroxyl groups is 1. The van der Waals surface area contributed by atoms with Crippen LogP contribution in [0.2, 0.25) is 0 Å². The lowest BCUT2D eigenvalue weighted by Crippen LogP contribution is -2.49. The molecule has 0 spiro atoms. The van der Waals surface area contributed by atoms with Crippen LogP contribution >= 0.6 is 0 Å². The van der Waals surface area contributed by atoms with Crippen molar-refractivity contribution in [3.63, 3.8) is 0 Å². The first-order valence-corrected chi connectivity index (χ1v) is 7.85. The maximum Gasteiger partial charge on any atom is 0.193 e. The maximum atomic E-state index is 10.5. The zero-order chi connectivity index (χ0) is 14.4. The lowest BCUT2D eigenvalue weighted by atomic mass is 9.85. The van der Waals surface area contributed by atoms with Gasteiger partial charge in [0.25, 0.3) is 0 Å². The Morgan fingerprint density at radius 3 is 2.75 bits per heavy atom. The van der Waals surface area contributed by atoms with E-state index in [1.165, 1.54) is 6.42 Å².